The van der Waals surface area contributed by atoms with E-state index in [4.69, 9.17) is 11.2 Å². The zero-order chi connectivity index (χ0) is 21.5. The summed E-state index contributed by atoms with van der Waals surface area (Å²) in [6.45, 7) is 0.544. The molecular weight excluding hydrogens is 380 g/mol. The predicted octanol–water partition coefficient (Wildman–Crippen LogP) is 5.80. The maximum atomic E-state index is 10.4. The third kappa shape index (κ3) is 4.44. The van der Waals surface area contributed by atoms with Crippen LogP contribution in [-0.4, -0.2) is 17.8 Å². The van der Waals surface area contributed by atoms with Crippen LogP contribution in [0.1, 0.15) is 42.4 Å². The highest BCUT2D eigenvalue weighted by atomic mass is 16.5. The summed E-state index contributed by atoms with van der Waals surface area (Å²) in [5, 5.41) is 10.4. The Morgan fingerprint density at radius 1 is 0.806 bits per heavy atom. The van der Waals surface area contributed by atoms with Crippen molar-refractivity contribution in [3.63, 3.8) is 0 Å². The molecule has 3 aromatic carbocycles. The Morgan fingerprint density at radius 3 is 1.71 bits per heavy atom. The van der Waals surface area contributed by atoms with E-state index in [1.54, 1.807) is 0 Å². The number of hydrogen-bond donors (Lipinski definition) is 1. The summed E-state index contributed by atoms with van der Waals surface area (Å²) in [4.78, 5) is 0. The molecular formula is C29H30O2. The quantitative estimate of drug-likeness (QED) is 0.394. The van der Waals surface area contributed by atoms with Crippen LogP contribution in [0.2, 0.25) is 0 Å². The topological polar surface area (TPSA) is 29.5 Å². The van der Waals surface area contributed by atoms with Crippen molar-refractivity contribution in [3.05, 3.63) is 108 Å². The van der Waals surface area contributed by atoms with Crippen molar-refractivity contribution in [2.45, 2.75) is 37.4 Å². The van der Waals surface area contributed by atoms with Gasteiger partial charge < -0.3 is 9.84 Å². The Kier molecular flexibility index (Phi) is 6.87. The van der Waals surface area contributed by atoms with Crippen molar-refractivity contribution >= 4 is 0 Å². The van der Waals surface area contributed by atoms with Crippen LogP contribution in [0, 0.1) is 24.2 Å². The number of benzene rings is 3. The SMILES string of the molecule is C#C[C@H](O)[C@@H]1CCCC[C@H]1COC(c1ccccc1)(c1ccccc1)c1ccccc1. The van der Waals surface area contributed by atoms with Crippen molar-refractivity contribution < 1.29 is 9.84 Å². The highest BCUT2D eigenvalue weighted by molar-refractivity contribution is 5.47. The first-order valence-corrected chi connectivity index (χ1v) is 11.2. The van der Waals surface area contributed by atoms with Gasteiger partial charge in [-0.05, 0) is 35.4 Å². The Bertz CT molecular complexity index is 879. The lowest BCUT2D eigenvalue weighted by atomic mass is 9.76. The maximum Gasteiger partial charge on any atom is 0.143 e. The fourth-order valence-corrected chi connectivity index (χ4v) is 4.98. The molecule has 4 rings (SSSR count). The fraction of sp³-hybridized carbons (Fsp3) is 0.310. The molecule has 3 atom stereocenters. The largest absolute Gasteiger partial charge is 0.380 e. The van der Waals surface area contributed by atoms with Gasteiger partial charge in [-0.2, -0.15) is 0 Å². The van der Waals surface area contributed by atoms with E-state index in [1.165, 1.54) is 0 Å². The van der Waals surface area contributed by atoms with Gasteiger partial charge in [-0.15, -0.1) is 6.42 Å². The minimum Gasteiger partial charge on any atom is -0.380 e. The second-order valence-corrected chi connectivity index (χ2v) is 8.41. The zero-order valence-corrected chi connectivity index (χ0v) is 17.9. The van der Waals surface area contributed by atoms with E-state index < -0.39 is 11.7 Å². The number of terminal acetylenes is 1. The third-order valence-corrected chi connectivity index (χ3v) is 6.60. The van der Waals surface area contributed by atoms with E-state index in [1.807, 2.05) is 18.2 Å². The summed E-state index contributed by atoms with van der Waals surface area (Å²) in [6.07, 6.45) is 9.11. The van der Waals surface area contributed by atoms with Crippen LogP contribution >= 0.6 is 0 Å². The van der Waals surface area contributed by atoms with Crippen LogP contribution in [0.3, 0.4) is 0 Å². The number of rotatable bonds is 7. The van der Waals surface area contributed by atoms with Gasteiger partial charge in [0.1, 0.15) is 11.7 Å². The molecule has 2 heteroatoms. The monoisotopic (exact) mass is 410 g/mol. The molecule has 0 heterocycles. The molecule has 1 saturated carbocycles. The number of aliphatic hydroxyl groups is 1. The molecule has 0 amide bonds. The van der Waals surface area contributed by atoms with Crippen molar-refractivity contribution in [1.29, 1.82) is 0 Å². The Balaban J connectivity index is 1.78. The molecule has 1 aliphatic rings. The molecule has 3 aromatic rings. The van der Waals surface area contributed by atoms with Gasteiger partial charge >= 0.3 is 0 Å². The molecule has 2 nitrogen and oxygen atoms in total. The van der Waals surface area contributed by atoms with E-state index in [9.17, 15) is 5.11 Å². The standard InChI is InChI=1S/C29H30O2/c1-2-28(30)27-21-13-12-14-23(27)22-31-29(24-15-6-3-7-16-24,25-17-8-4-9-18-25)26-19-10-5-11-20-26/h1,3-11,15-20,23,27-28,30H,12-14,21-22H2/t23-,27+,28-/m0/s1. The molecule has 1 N–H and O–H groups in total. The van der Waals surface area contributed by atoms with Crippen LogP contribution in [0.25, 0.3) is 0 Å². The lowest BCUT2D eigenvalue weighted by molar-refractivity contribution is -0.0411. The average molecular weight is 411 g/mol. The molecule has 1 aliphatic carbocycles. The summed E-state index contributed by atoms with van der Waals surface area (Å²) in [7, 11) is 0. The summed E-state index contributed by atoms with van der Waals surface area (Å²) >= 11 is 0. The Hall–Kier alpha value is -2.86. The first-order chi connectivity index (χ1) is 15.3. The average Bonchev–Trinajstić information content (AvgIpc) is 2.86. The van der Waals surface area contributed by atoms with Crippen molar-refractivity contribution in [3.8, 4) is 12.3 Å². The predicted molar refractivity (Wildman–Crippen MR) is 125 cm³/mol. The first-order valence-electron chi connectivity index (χ1n) is 11.2. The van der Waals surface area contributed by atoms with E-state index in [-0.39, 0.29) is 11.8 Å². The smallest absolute Gasteiger partial charge is 0.143 e. The molecule has 1 fully saturated rings. The van der Waals surface area contributed by atoms with Crippen LogP contribution in [-0.2, 0) is 10.3 Å². The van der Waals surface area contributed by atoms with E-state index in [0.717, 1.165) is 42.4 Å². The second kappa shape index (κ2) is 9.96. The lowest BCUT2D eigenvalue weighted by Crippen LogP contribution is -2.38. The number of ether oxygens (including phenoxy) is 1. The van der Waals surface area contributed by atoms with Gasteiger partial charge in [0, 0.05) is 5.92 Å². The van der Waals surface area contributed by atoms with Gasteiger partial charge in [0.15, 0.2) is 0 Å². The number of aliphatic hydroxyl groups excluding tert-OH is 1. The summed E-state index contributed by atoms with van der Waals surface area (Å²) < 4.78 is 6.97. The zero-order valence-electron chi connectivity index (χ0n) is 17.9. The van der Waals surface area contributed by atoms with Gasteiger partial charge in [0.2, 0.25) is 0 Å². The van der Waals surface area contributed by atoms with E-state index in [0.29, 0.717) is 6.61 Å². The molecule has 0 spiro atoms. The van der Waals surface area contributed by atoms with Gasteiger partial charge in [0.05, 0.1) is 6.61 Å². The summed E-state index contributed by atoms with van der Waals surface area (Å²) in [5.74, 6) is 2.87. The van der Waals surface area contributed by atoms with Crippen LogP contribution in [0.5, 0.6) is 0 Å². The molecule has 0 saturated heterocycles. The van der Waals surface area contributed by atoms with Gasteiger partial charge in [-0.3, -0.25) is 0 Å². The molecule has 31 heavy (non-hydrogen) atoms. The molecule has 0 unspecified atom stereocenters. The van der Waals surface area contributed by atoms with Crippen LogP contribution < -0.4 is 0 Å². The molecule has 0 bridgehead atoms. The van der Waals surface area contributed by atoms with Crippen LogP contribution in [0.15, 0.2) is 91.0 Å². The minimum absolute atomic E-state index is 0.0822. The highest BCUT2D eigenvalue weighted by Gasteiger charge is 2.39. The maximum absolute atomic E-state index is 10.4. The van der Waals surface area contributed by atoms with Gasteiger partial charge in [-0.1, -0.05) is 110 Å². The molecule has 0 aromatic heterocycles. The van der Waals surface area contributed by atoms with Crippen molar-refractivity contribution in [1.82, 2.24) is 0 Å². The number of hydrogen-bond acceptors (Lipinski definition) is 2. The molecule has 0 radical (unpaired) electrons. The minimum atomic E-state index is -0.729. The molecule has 0 aliphatic heterocycles. The van der Waals surface area contributed by atoms with Crippen molar-refractivity contribution in [2.24, 2.45) is 11.8 Å². The molecule has 158 valence electrons. The third-order valence-electron chi connectivity index (χ3n) is 6.60. The van der Waals surface area contributed by atoms with E-state index in [2.05, 4.69) is 78.7 Å². The van der Waals surface area contributed by atoms with Gasteiger partial charge in [-0.25, -0.2) is 0 Å². The van der Waals surface area contributed by atoms with Crippen molar-refractivity contribution in [2.75, 3.05) is 6.61 Å². The van der Waals surface area contributed by atoms with Crippen LogP contribution in [0.4, 0.5) is 0 Å². The van der Waals surface area contributed by atoms with E-state index >= 15 is 0 Å². The Labute approximate surface area is 185 Å². The van der Waals surface area contributed by atoms with Gasteiger partial charge in [0.25, 0.3) is 0 Å². The second-order valence-electron chi connectivity index (χ2n) is 8.41. The Morgan fingerprint density at radius 2 is 1.26 bits per heavy atom. The highest BCUT2D eigenvalue weighted by Crippen LogP contribution is 2.42. The summed E-state index contributed by atoms with van der Waals surface area (Å²) in [6, 6.07) is 31.3. The normalized spacial score (nSPS) is 20.0. The summed E-state index contributed by atoms with van der Waals surface area (Å²) in [5.41, 5.74) is 2.55. The fourth-order valence-electron chi connectivity index (χ4n) is 4.98. The first kappa shape index (κ1) is 21.4. The lowest BCUT2D eigenvalue weighted by Gasteiger charge is -2.39.